The summed E-state index contributed by atoms with van der Waals surface area (Å²) in [7, 11) is 1.82. The lowest BCUT2D eigenvalue weighted by atomic mass is 10.1. The normalized spacial score (nSPS) is 12.2. The van der Waals surface area contributed by atoms with Gasteiger partial charge in [0.25, 0.3) is 0 Å². The van der Waals surface area contributed by atoms with Crippen molar-refractivity contribution in [2.75, 3.05) is 5.32 Å². The molecule has 3 aromatic rings. The summed E-state index contributed by atoms with van der Waals surface area (Å²) < 4.78 is 3.48. The lowest BCUT2D eigenvalue weighted by molar-refractivity contribution is 0.246. The van der Waals surface area contributed by atoms with E-state index < -0.39 is 0 Å². The molecular formula is C19H24N6O. The standard InChI is InChI=1S/C19H24N6O/c1-14(2)16-12-18(24(3)23-16)22-19(26)21-17(13-25-11-7-10-20-25)15-8-5-4-6-9-15/h4-12,14,17H,13H2,1-3H3,(H2,21,22,26). The van der Waals surface area contributed by atoms with E-state index in [4.69, 9.17) is 0 Å². The summed E-state index contributed by atoms with van der Waals surface area (Å²) in [6.45, 7) is 4.69. The first kappa shape index (κ1) is 17.7. The van der Waals surface area contributed by atoms with Crippen molar-refractivity contribution in [2.45, 2.75) is 32.4 Å². The molecule has 2 aromatic heterocycles. The van der Waals surface area contributed by atoms with Gasteiger partial charge in [0.2, 0.25) is 0 Å². The Hall–Kier alpha value is -3.09. The average molecular weight is 352 g/mol. The fraction of sp³-hybridized carbons (Fsp3) is 0.316. The van der Waals surface area contributed by atoms with Crippen LogP contribution >= 0.6 is 0 Å². The number of benzene rings is 1. The van der Waals surface area contributed by atoms with Gasteiger partial charge in [0.1, 0.15) is 5.82 Å². The maximum atomic E-state index is 12.6. The Morgan fingerprint density at radius 1 is 1.19 bits per heavy atom. The molecule has 2 heterocycles. The number of urea groups is 1. The van der Waals surface area contributed by atoms with Crippen LogP contribution in [0.25, 0.3) is 0 Å². The molecule has 0 fully saturated rings. The summed E-state index contributed by atoms with van der Waals surface area (Å²) in [5.74, 6) is 0.966. The molecule has 0 saturated heterocycles. The van der Waals surface area contributed by atoms with Gasteiger partial charge in [-0.25, -0.2) is 4.79 Å². The zero-order valence-electron chi connectivity index (χ0n) is 15.3. The van der Waals surface area contributed by atoms with Crippen LogP contribution in [0.5, 0.6) is 0 Å². The second kappa shape index (κ2) is 7.86. The molecule has 0 aliphatic carbocycles. The predicted molar refractivity (Wildman–Crippen MR) is 101 cm³/mol. The van der Waals surface area contributed by atoms with Crippen molar-refractivity contribution < 1.29 is 4.79 Å². The second-order valence-electron chi connectivity index (χ2n) is 6.52. The number of carbonyl (C=O) groups excluding carboxylic acids is 1. The van der Waals surface area contributed by atoms with Crippen molar-refractivity contribution >= 4 is 11.8 Å². The third kappa shape index (κ3) is 4.30. The summed E-state index contributed by atoms with van der Waals surface area (Å²) >= 11 is 0. The van der Waals surface area contributed by atoms with Gasteiger partial charge in [-0.05, 0) is 17.5 Å². The van der Waals surface area contributed by atoms with Gasteiger partial charge in [0, 0.05) is 25.5 Å². The van der Waals surface area contributed by atoms with E-state index in [0.717, 1.165) is 11.3 Å². The second-order valence-corrected chi connectivity index (χ2v) is 6.52. The van der Waals surface area contributed by atoms with Crippen LogP contribution in [-0.2, 0) is 13.6 Å². The molecule has 0 spiro atoms. The third-order valence-electron chi connectivity index (χ3n) is 4.17. The molecule has 2 N–H and O–H groups in total. The van der Waals surface area contributed by atoms with Gasteiger partial charge in [0.05, 0.1) is 18.3 Å². The maximum absolute atomic E-state index is 12.6. The molecule has 3 rings (SSSR count). The number of aryl methyl sites for hydroxylation is 1. The number of hydrogen-bond acceptors (Lipinski definition) is 3. The Morgan fingerprint density at radius 3 is 2.58 bits per heavy atom. The van der Waals surface area contributed by atoms with Crippen LogP contribution in [0, 0.1) is 0 Å². The first-order valence-electron chi connectivity index (χ1n) is 8.66. The van der Waals surface area contributed by atoms with Crippen LogP contribution in [0.4, 0.5) is 10.6 Å². The molecule has 7 nitrogen and oxygen atoms in total. The lowest BCUT2D eigenvalue weighted by Crippen LogP contribution is -2.35. The van der Waals surface area contributed by atoms with Crippen molar-refractivity contribution in [1.82, 2.24) is 24.9 Å². The molecule has 0 saturated carbocycles. The molecule has 0 bridgehead atoms. The number of carbonyl (C=O) groups is 1. The fourth-order valence-electron chi connectivity index (χ4n) is 2.71. The molecule has 0 radical (unpaired) electrons. The van der Waals surface area contributed by atoms with Crippen molar-refractivity contribution in [3.8, 4) is 0 Å². The molecule has 1 aromatic carbocycles. The zero-order chi connectivity index (χ0) is 18.5. The zero-order valence-corrected chi connectivity index (χ0v) is 15.3. The van der Waals surface area contributed by atoms with Gasteiger partial charge in [0.15, 0.2) is 0 Å². The number of aromatic nitrogens is 4. The minimum Gasteiger partial charge on any atom is -0.329 e. The van der Waals surface area contributed by atoms with E-state index in [9.17, 15) is 4.79 Å². The first-order valence-corrected chi connectivity index (χ1v) is 8.66. The molecule has 2 amide bonds. The van der Waals surface area contributed by atoms with Crippen LogP contribution in [-0.4, -0.2) is 25.6 Å². The van der Waals surface area contributed by atoms with Gasteiger partial charge in [-0.1, -0.05) is 44.2 Å². The number of nitrogens with zero attached hydrogens (tertiary/aromatic N) is 4. The topological polar surface area (TPSA) is 76.8 Å². The van der Waals surface area contributed by atoms with Crippen LogP contribution < -0.4 is 10.6 Å². The molecule has 1 unspecified atom stereocenters. The van der Waals surface area contributed by atoms with Crippen molar-refractivity contribution in [1.29, 1.82) is 0 Å². The summed E-state index contributed by atoms with van der Waals surface area (Å²) in [6.07, 6.45) is 3.61. The summed E-state index contributed by atoms with van der Waals surface area (Å²) in [5, 5.41) is 14.6. The van der Waals surface area contributed by atoms with Crippen molar-refractivity contribution in [2.24, 2.45) is 7.05 Å². The Labute approximate surface area is 153 Å². The molecule has 26 heavy (non-hydrogen) atoms. The van der Waals surface area contributed by atoms with Gasteiger partial charge in [-0.3, -0.25) is 14.7 Å². The fourth-order valence-corrected chi connectivity index (χ4v) is 2.71. The average Bonchev–Trinajstić information content (AvgIpc) is 3.25. The Bertz CT molecular complexity index is 838. The van der Waals surface area contributed by atoms with Gasteiger partial charge >= 0.3 is 6.03 Å². The van der Waals surface area contributed by atoms with E-state index in [1.807, 2.05) is 55.7 Å². The van der Waals surface area contributed by atoms with E-state index in [2.05, 4.69) is 34.7 Å². The minimum absolute atomic E-state index is 0.200. The van der Waals surface area contributed by atoms with Crippen molar-refractivity contribution in [3.05, 3.63) is 66.1 Å². The first-order chi connectivity index (χ1) is 12.5. The van der Waals surface area contributed by atoms with E-state index in [1.165, 1.54) is 0 Å². The number of rotatable bonds is 6. The molecule has 0 aliphatic rings. The number of hydrogen-bond donors (Lipinski definition) is 2. The lowest BCUT2D eigenvalue weighted by Gasteiger charge is -2.19. The maximum Gasteiger partial charge on any atom is 0.320 e. The highest BCUT2D eigenvalue weighted by atomic mass is 16.2. The minimum atomic E-state index is -0.274. The van der Waals surface area contributed by atoms with E-state index >= 15 is 0 Å². The number of amides is 2. The Kier molecular flexibility index (Phi) is 5.36. The van der Waals surface area contributed by atoms with Crippen molar-refractivity contribution in [3.63, 3.8) is 0 Å². The SMILES string of the molecule is CC(C)c1cc(NC(=O)NC(Cn2cccn2)c2ccccc2)n(C)n1. The van der Waals surface area contributed by atoms with Crippen LogP contribution in [0.3, 0.4) is 0 Å². The third-order valence-corrected chi connectivity index (χ3v) is 4.17. The highest BCUT2D eigenvalue weighted by molar-refractivity contribution is 5.88. The number of anilines is 1. The summed E-state index contributed by atoms with van der Waals surface area (Å²) in [4.78, 5) is 12.6. The molecule has 136 valence electrons. The Morgan fingerprint density at radius 2 is 1.96 bits per heavy atom. The monoisotopic (exact) mass is 352 g/mol. The Balaban J connectivity index is 1.73. The van der Waals surface area contributed by atoms with Crippen LogP contribution in [0.1, 0.15) is 37.1 Å². The van der Waals surface area contributed by atoms with Crippen LogP contribution in [0.2, 0.25) is 0 Å². The number of nitrogens with one attached hydrogen (secondary N) is 2. The van der Waals surface area contributed by atoms with Gasteiger partial charge in [-0.2, -0.15) is 10.2 Å². The van der Waals surface area contributed by atoms with Gasteiger partial charge in [-0.15, -0.1) is 0 Å². The van der Waals surface area contributed by atoms with E-state index in [-0.39, 0.29) is 12.1 Å². The van der Waals surface area contributed by atoms with Crippen LogP contribution in [0.15, 0.2) is 54.9 Å². The van der Waals surface area contributed by atoms with E-state index in [0.29, 0.717) is 18.3 Å². The van der Waals surface area contributed by atoms with Gasteiger partial charge < -0.3 is 5.32 Å². The summed E-state index contributed by atoms with van der Waals surface area (Å²) in [6, 6.07) is 13.2. The quantitative estimate of drug-likeness (QED) is 0.714. The molecule has 7 heteroatoms. The molecular weight excluding hydrogens is 328 g/mol. The molecule has 1 atom stereocenters. The smallest absolute Gasteiger partial charge is 0.320 e. The molecule has 0 aliphatic heterocycles. The predicted octanol–water partition coefficient (Wildman–Crippen LogP) is 3.30. The highest BCUT2D eigenvalue weighted by Crippen LogP contribution is 2.18. The summed E-state index contributed by atoms with van der Waals surface area (Å²) in [5.41, 5.74) is 1.96. The highest BCUT2D eigenvalue weighted by Gasteiger charge is 2.17. The van der Waals surface area contributed by atoms with E-state index in [1.54, 1.807) is 15.6 Å². The largest absolute Gasteiger partial charge is 0.329 e.